The Bertz CT molecular complexity index is 864. The number of nitrogens with two attached hydrogens (primary N) is 1. The second-order valence-electron chi connectivity index (χ2n) is 8.28. The number of quaternary nitrogens is 1. The van der Waals surface area contributed by atoms with Crippen LogP contribution in [0, 0.1) is 5.92 Å². The molecule has 0 spiro atoms. The molecule has 1 heterocycles. The third kappa shape index (κ3) is 5.83. The maximum absolute atomic E-state index is 12.9. The lowest BCUT2D eigenvalue weighted by Crippen LogP contribution is -2.93. The molecular formula is C24H32N3O3+. The van der Waals surface area contributed by atoms with Gasteiger partial charge in [0.25, 0.3) is 5.91 Å². The van der Waals surface area contributed by atoms with E-state index in [1.165, 1.54) is 11.1 Å². The summed E-state index contributed by atoms with van der Waals surface area (Å²) >= 11 is 0. The molecule has 30 heavy (non-hydrogen) atoms. The number of carbonyl (C=O) groups is 2. The smallest absolute Gasteiger partial charge is 0.279 e. The molecule has 2 amide bonds. The van der Waals surface area contributed by atoms with Crippen LogP contribution >= 0.6 is 0 Å². The topological polar surface area (TPSA) is 84.0 Å². The van der Waals surface area contributed by atoms with Crippen molar-refractivity contribution in [2.75, 3.05) is 7.11 Å². The van der Waals surface area contributed by atoms with E-state index in [2.05, 4.69) is 41.9 Å². The second kappa shape index (κ2) is 10.3. The number of amides is 2. The Morgan fingerprint density at radius 2 is 1.80 bits per heavy atom. The highest BCUT2D eigenvalue weighted by Gasteiger charge is 2.31. The van der Waals surface area contributed by atoms with E-state index in [1.54, 1.807) is 7.11 Å². The zero-order valence-corrected chi connectivity index (χ0v) is 18.0. The van der Waals surface area contributed by atoms with E-state index in [9.17, 15) is 9.59 Å². The summed E-state index contributed by atoms with van der Waals surface area (Å²) in [6.45, 7) is 5.31. The molecule has 6 heteroatoms. The summed E-state index contributed by atoms with van der Waals surface area (Å²) in [7, 11) is 1.62. The van der Waals surface area contributed by atoms with Gasteiger partial charge in [0.05, 0.1) is 7.11 Å². The molecule has 3 rings (SSSR count). The van der Waals surface area contributed by atoms with Crippen molar-refractivity contribution in [3.8, 4) is 5.75 Å². The Balaban J connectivity index is 1.59. The molecule has 0 unspecified atom stereocenters. The first-order chi connectivity index (χ1) is 14.5. The van der Waals surface area contributed by atoms with Crippen molar-refractivity contribution in [3.05, 3.63) is 65.2 Å². The van der Waals surface area contributed by atoms with Gasteiger partial charge in [-0.1, -0.05) is 50.2 Å². The largest absolute Gasteiger partial charge is 0.497 e. The number of benzene rings is 2. The van der Waals surface area contributed by atoms with Crippen LogP contribution < -0.4 is 20.7 Å². The first-order valence-electron chi connectivity index (χ1n) is 10.6. The lowest BCUT2D eigenvalue weighted by molar-refractivity contribution is -0.695. The molecule has 2 aromatic carbocycles. The van der Waals surface area contributed by atoms with E-state index in [0.717, 1.165) is 17.9 Å². The van der Waals surface area contributed by atoms with Gasteiger partial charge in [0.1, 0.15) is 18.3 Å². The molecule has 2 atom stereocenters. The van der Waals surface area contributed by atoms with Gasteiger partial charge in [-0.25, -0.2) is 0 Å². The summed E-state index contributed by atoms with van der Waals surface area (Å²) in [6, 6.07) is 15.0. The van der Waals surface area contributed by atoms with Gasteiger partial charge in [0, 0.05) is 18.5 Å². The SMILES string of the molecule is COc1ccc(CNC(=O)[C@H](CC(C)C)NC(=O)[C@@H]2Cc3ccccc3C[NH2+]2)cc1. The van der Waals surface area contributed by atoms with Crippen molar-refractivity contribution < 1.29 is 19.6 Å². The first-order valence-corrected chi connectivity index (χ1v) is 10.6. The van der Waals surface area contributed by atoms with Crippen LogP contribution in [0.25, 0.3) is 0 Å². The van der Waals surface area contributed by atoms with Gasteiger partial charge >= 0.3 is 0 Å². The Morgan fingerprint density at radius 1 is 1.10 bits per heavy atom. The molecule has 1 aliphatic heterocycles. The molecule has 0 saturated heterocycles. The van der Waals surface area contributed by atoms with Crippen molar-refractivity contribution >= 4 is 11.8 Å². The third-order valence-corrected chi connectivity index (χ3v) is 5.48. The average molecular weight is 411 g/mol. The van der Waals surface area contributed by atoms with Gasteiger partial charge in [-0.2, -0.15) is 0 Å². The number of hydrogen-bond donors (Lipinski definition) is 3. The maximum atomic E-state index is 12.9. The Hall–Kier alpha value is -2.86. The molecule has 0 radical (unpaired) electrons. The number of nitrogens with one attached hydrogen (secondary N) is 2. The molecule has 0 aliphatic carbocycles. The summed E-state index contributed by atoms with van der Waals surface area (Å²) in [5, 5.41) is 8.02. The third-order valence-electron chi connectivity index (χ3n) is 5.48. The van der Waals surface area contributed by atoms with Crippen molar-refractivity contribution in [2.24, 2.45) is 5.92 Å². The van der Waals surface area contributed by atoms with E-state index in [1.807, 2.05) is 36.4 Å². The number of carbonyl (C=O) groups excluding carboxylic acids is 2. The molecule has 6 nitrogen and oxygen atoms in total. The van der Waals surface area contributed by atoms with Crippen LogP contribution in [0.4, 0.5) is 0 Å². The lowest BCUT2D eigenvalue weighted by atomic mass is 9.95. The van der Waals surface area contributed by atoms with E-state index in [0.29, 0.717) is 19.4 Å². The van der Waals surface area contributed by atoms with Gasteiger partial charge in [0.15, 0.2) is 6.04 Å². The molecule has 0 bridgehead atoms. The van der Waals surface area contributed by atoms with Crippen LogP contribution in [0.15, 0.2) is 48.5 Å². The molecular weight excluding hydrogens is 378 g/mol. The Kier molecular flexibility index (Phi) is 7.46. The standard InChI is InChI=1S/C24H31N3O3/c1-16(2)12-22(23(28)26-14-17-8-10-20(30-3)11-9-17)27-24(29)21-13-18-6-4-5-7-19(18)15-25-21/h4-11,16,21-22,25H,12-15H2,1-3H3,(H,26,28)(H,27,29)/p+1/t21-,22-/m0/s1. The zero-order valence-electron chi connectivity index (χ0n) is 18.0. The quantitative estimate of drug-likeness (QED) is 0.617. The minimum absolute atomic E-state index is 0.0743. The molecule has 0 aromatic heterocycles. The number of fused-ring (bicyclic) bond motifs is 1. The monoisotopic (exact) mass is 410 g/mol. The summed E-state index contributed by atoms with van der Waals surface area (Å²) in [6.07, 6.45) is 1.29. The van der Waals surface area contributed by atoms with Crippen molar-refractivity contribution in [1.29, 1.82) is 0 Å². The van der Waals surface area contributed by atoms with Gasteiger partial charge in [-0.15, -0.1) is 0 Å². The highest BCUT2D eigenvalue weighted by molar-refractivity contribution is 5.89. The molecule has 0 saturated carbocycles. The van der Waals surface area contributed by atoms with Crippen LogP contribution in [0.2, 0.25) is 0 Å². The lowest BCUT2D eigenvalue weighted by Gasteiger charge is -2.25. The van der Waals surface area contributed by atoms with Crippen LogP contribution in [0.5, 0.6) is 5.75 Å². The van der Waals surface area contributed by atoms with Crippen LogP contribution in [0.1, 0.15) is 37.0 Å². The highest BCUT2D eigenvalue weighted by atomic mass is 16.5. The Morgan fingerprint density at radius 3 is 2.47 bits per heavy atom. The minimum atomic E-state index is -0.540. The predicted molar refractivity (Wildman–Crippen MR) is 116 cm³/mol. The van der Waals surface area contributed by atoms with Crippen LogP contribution in [-0.2, 0) is 29.1 Å². The summed E-state index contributed by atoms with van der Waals surface area (Å²) in [5.74, 6) is 0.845. The Labute approximate surface area is 178 Å². The maximum Gasteiger partial charge on any atom is 0.279 e. The number of hydrogen-bond acceptors (Lipinski definition) is 3. The number of methoxy groups -OCH3 is 1. The van der Waals surface area contributed by atoms with Gasteiger partial charge in [-0.05, 0) is 35.6 Å². The van der Waals surface area contributed by atoms with E-state index >= 15 is 0 Å². The van der Waals surface area contributed by atoms with Crippen LogP contribution in [-0.4, -0.2) is 31.0 Å². The summed E-state index contributed by atoms with van der Waals surface area (Å²) in [4.78, 5) is 25.7. The first kappa shape index (κ1) is 21.8. The fourth-order valence-corrected chi connectivity index (χ4v) is 3.78. The van der Waals surface area contributed by atoms with Crippen molar-refractivity contribution in [3.63, 3.8) is 0 Å². The van der Waals surface area contributed by atoms with E-state index in [-0.39, 0.29) is 23.8 Å². The van der Waals surface area contributed by atoms with Gasteiger partial charge in [-0.3, -0.25) is 9.59 Å². The van der Waals surface area contributed by atoms with E-state index < -0.39 is 6.04 Å². The second-order valence-corrected chi connectivity index (χ2v) is 8.28. The minimum Gasteiger partial charge on any atom is -0.497 e. The fraction of sp³-hybridized carbons (Fsp3) is 0.417. The highest BCUT2D eigenvalue weighted by Crippen LogP contribution is 2.14. The molecule has 1 aliphatic rings. The number of rotatable bonds is 8. The average Bonchev–Trinajstić information content (AvgIpc) is 2.76. The zero-order chi connectivity index (χ0) is 21.5. The molecule has 2 aromatic rings. The summed E-state index contributed by atoms with van der Waals surface area (Å²) in [5.41, 5.74) is 3.47. The molecule has 0 fully saturated rings. The van der Waals surface area contributed by atoms with Crippen molar-refractivity contribution in [2.45, 2.75) is 51.9 Å². The molecule has 4 N–H and O–H groups in total. The van der Waals surface area contributed by atoms with Crippen molar-refractivity contribution in [1.82, 2.24) is 10.6 Å². The normalized spacial score (nSPS) is 16.5. The predicted octanol–water partition coefficient (Wildman–Crippen LogP) is 1.53. The number of ether oxygens (including phenoxy) is 1. The van der Waals surface area contributed by atoms with Gasteiger partial charge < -0.3 is 20.7 Å². The molecule has 160 valence electrons. The summed E-state index contributed by atoms with van der Waals surface area (Å²) < 4.78 is 5.16. The van der Waals surface area contributed by atoms with Crippen LogP contribution in [0.3, 0.4) is 0 Å². The fourth-order valence-electron chi connectivity index (χ4n) is 3.78. The van der Waals surface area contributed by atoms with Gasteiger partial charge in [0.2, 0.25) is 5.91 Å². The van der Waals surface area contributed by atoms with E-state index in [4.69, 9.17) is 4.74 Å².